The van der Waals surface area contributed by atoms with Crippen molar-refractivity contribution >= 4 is 40.8 Å². The van der Waals surface area contributed by atoms with Gasteiger partial charge in [-0.1, -0.05) is 29.3 Å². The largest absolute Gasteiger partial charge is 0.485 e. The first-order valence-corrected chi connectivity index (χ1v) is 9.61. The second-order valence-corrected chi connectivity index (χ2v) is 7.33. The van der Waals surface area contributed by atoms with E-state index in [9.17, 15) is 14.0 Å². The Bertz CT molecular complexity index is 1190. The van der Waals surface area contributed by atoms with Crippen molar-refractivity contribution in [2.24, 2.45) is 0 Å². The van der Waals surface area contributed by atoms with E-state index in [1.54, 1.807) is 36.4 Å². The molecular formula is C23H13Cl2FO4. The van der Waals surface area contributed by atoms with E-state index in [0.717, 1.165) is 0 Å². The zero-order chi connectivity index (χ0) is 21.3. The molecule has 0 bridgehead atoms. The quantitative estimate of drug-likeness (QED) is 0.358. The Morgan fingerprint density at radius 3 is 2.53 bits per heavy atom. The van der Waals surface area contributed by atoms with Crippen LogP contribution in [0.1, 0.15) is 26.3 Å². The number of benzene rings is 3. The van der Waals surface area contributed by atoms with Gasteiger partial charge in [0.15, 0.2) is 18.1 Å². The van der Waals surface area contributed by atoms with Gasteiger partial charge in [0.1, 0.15) is 17.3 Å². The maximum Gasteiger partial charge on any atom is 0.231 e. The van der Waals surface area contributed by atoms with Gasteiger partial charge in [-0.25, -0.2) is 4.39 Å². The van der Waals surface area contributed by atoms with Crippen molar-refractivity contribution in [2.45, 2.75) is 0 Å². The average Bonchev–Trinajstić information content (AvgIpc) is 3.03. The summed E-state index contributed by atoms with van der Waals surface area (Å²) in [7, 11) is 0. The van der Waals surface area contributed by atoms with Gasteiger partial charge in [-0.2, -0.15) is 0 Å². The third-order valence-corrected chi connectivity index (χ3v) is 4.99. The van der Waals surface area contributed by atoms with E-state index in [4.69, 9.17) is 32.7 Å². The maximum absolute atomic E-state index is 13.0. The molecule has 4 nitrogen and oxygen atoms in total. The number of hydrogen-bond acceptors (Lipinski definition) is 4. The highest BCUT2D eigenvalue weighted by molar-refractivity contribution is 6.35. The Hall–Kier alpha value is -3.15. The predicted molar refractivity (Wildman–Crippen MR) is 112 cm³/mol. The van der Waals surface area contributed by atoms with E-state index in [-0.39, 0.29) is 23.9 Å². The van der Waals surface area contributed by atoms with E-state index in [1.807, 2.05) is 0 Å². The van der Waals surface area contributed by atoms with E-state index >= 15 is 0 Å². The Balaban J connectivity index is 1.48. The molecule has 3 aromatic carbocycles. The summed E-state index contributed by atoms with van der Waals surface area (Å²) in [6, 6.07) is 14.8. The third-order valence-electron chi connectivity index (χ3n) is 4.43. The lowest BCUT2D eigenvalue weighted by Gasteiger charge is -2.07. The minimum absolute atomic E-state index is 0.119. The van der Waals surface area contributed by atoms with Crippen LogP contribution in [0.25, 0.3) is 6.08 Å². The molecule has 0 fully saturated rings. The van der Waals surface area contributed by atoms with Crippen LogP contribution in [0.2, 0.25) is 10.0 Å². The van der Waals surface area contributed by atoms with Crippen LogP contribution in [-0.2, 0) is 0 Å². The monoisotopic (exact) mass is 442 g/mol. The van der Waals surface area contributed by atoms with Crippen LogP contribution in [0.3, 0.4) is 0 Å². The lowest BCUT2D eigenvalue weighted by molar-refractivity contribution is 0.0920. The van der Waals surface area contributed by atoms with Crippen molar-refractivity contribution in [1.29, 1.82) is 0 Å². The molecule has 0 saturated heterocycles. The molecule has 1 aliphatic rings. The van der Waals surface area contributed by atoms with Gasteiger partial charge in [-0.15, -0.1) is 0 Å². The van der Waals surface area contributed by atoms with E-state index in [0.29, 0.717) is 38.2 Å². The zero-order valence-corrected chi connectivity index (χ0v) is 16.8. The highest BCUT2D eigenvalue weighted by Gasteiger charge is 2.28. The molecule has 4 rings (SSSR count). The average molecular weight is 443 g/mol. The van der Waals surface area contributed by atoms with Crippen LogP contribution in [0.15, 0.2) is 66.4 Å². The SMILES string of the molecule is O=C(COc1ccc2c(c1)OC(=Cc1ccc(Cl)cc1Cl)C2=O)c1ccc(F)cc1. The number of allylic oxidation sites excluding steroid dienone is 1. The maximum atomic E-state index is 13.0. The molecule has 3 aromatic rings. The van der Waals surface area contributed by atoms with Crippen LogP contribution in [0.5, 0.6) is 11.5 Å². The first-order chi connectivity index (χ1) is 14.4. The number of carbonyl (C=O) groups excluding carboxylic acids is 2. The smallest absolute Gasteiger partial charge is 0.231 e. The lowest BCUT2D eigenvalue weighted by atomic mass is 10.1. The summed E-state index contributed by atoms with van der Waals surface area (Å²) in [5.41, 5.74) is 1.32. The molecule has 150 valence electrons. The molecule has 7 heteroatoms. The number of ketones is 2. The predicted octanol–water partition coefficient (Wildman–Crippen LogP) is 6.01. The van der Waals surface area contributed by atoms with Gasteiger partial charge in [0, 0.05) is 21.7 Å². The Labute approximate surface area is 181 Å². The van der Waals surface area contributed by atoms with Crippen molar-refractivity contribution in [1.82, 2.24) is 0 Å². The number of rotatable bonds is 5. The molecule has 0 aliphatic carbocycles. The molecule has 0 aromatic heterocycles. The van der Waals surface area contributed by atoms with Crippen LogP contribution in [-0.4, -0.2) is 18.2 Å². The van der Waals surface area contributed by atoms with Crippen LogP contribution in [0, 0.1) is 5.82 Å². The number of Topliss-reactive ketones (excluding diaryl/α,β-unsaturated/α-hetero) is 2. The Morgan fingerprint density at radius 1 is 1.03 bits per heavy atom. The highest BCUT2D eigenvalue weighted by atomic mass is 35.5. The third kappa shape index (κ3) is 4.22. The molecule has 1 aliphatic heterocycles. The van der Waals surface area contributed by atoms with Crippen molar-refractivity contribution in [3.8, 4) is 11.5 Å². The summed E-state index contributed by atoms with van der Waals surface area (Å²) < 4.78 is 24.1. The standard InChI is InChI=1S/C23H13Cl2FO4/c24-15-4-1-14(19(25)10-15)9-22-23(28)18-8-7-17(11-21(18)30-22)29-12-20(27)13-2-5-16(26)6-3-13/h1-11H,12H2. The Kier molecular flexibility index (Phi) is 5.57. The number of hydrogen-bond donors (Lipinski definition) is 0. The second-order valence-electron chi connectivity index (χ2n) is 6.48. The Morgan fingerprint density at radius 2 is 1.80 bits per heavy atom. The van der Waals surface area contributed by atoms with Crippen LogP contribution in [0.4, 0.5) is 4.39 Å². The minimum Gasteiger partial charge on any atom is -0.485 e. The van der Waals surface area contributed by atoms with Gasteiger partial charge in [-0.05, 0) is 60.2 Å². The summed E-state index contributed by atoms with van der Waals surface area (Å²) in [5, 5.41) is 0.881. The fourth-order valence-electron chi connectivity index (χ4n) is 2.88. The fourth-order valence-corrected chi connectivity index (χ4v) is 3.35. The zero-order valence-electron chi connectivity index (χ0n) is 15.3. The molecule has 30 heavy (non-hydrogen) atoms. The van der Waals surface area contributed by atoms with Crippen LogP contribution >= 0.6 is 23.2 Å². The molecule has 0 radical (unpaired) electrons. The lowest BCUT2D eigenvalue weighted by Crippen LogP contribution is -2.11. The van der Waals surface area contributed by atoms with Crippen molar-refractivity contribution < 1.29 is 23.5 Å². The molecule has 0 atom stereocenters. The van der Waals surface area contributed by atoms with Gasteiger partial charge < -0.3 is 9.47 Å². The summed E-state index contributed by atoms with van der Waals surface area (Å²) in [5.74, 6) is -0.202. The van der Waals surface area contributed by atoms with E-state index in [2.05, 4.69) is 0 Å². The molecule has 0 amide bonds. The van der Waals surface area contributed by atoms with Gasteiger partial charge in [0.05, 0.1) is 5.56 Å². The molecular weight excluding hydrogens is 430 g/mol. The van der Waals surface area contributed by atoms with Gasteiger partial charge in [-0.3, -0.25) is 9.59 Å². The number of halogens is 3. The van der Waals surface area contributed by atoms with Crippen molar-refractivity contribution in [2.75, 3.05) is 6.61 Å². The number of carbonyl (C=O) groups is 2. The topological polar surface area (TPSA) is 52.6 Å². The second kappa shape index (κ2) is 8.30. The van der Waals surface area contributed by atoms with Gasteiger partial charge in [0.2, 0.25) is 5.78 Å². The highest BCUT2D eigenvalue weighted by Crippen LogP contribution is 2.35. The van der Waals surface area contributed by atoms with Crippen molar-refractivity contribution in [3.63, 3.8) is 0 Å². The normalized spacial score (nSPS) is 13.8. The molecule has 0 unspecified atom stereocenters. The van der Waals surface area contributed by atoms with E-state index in [1.165, 1.54) is 30.3 Å². The molecule has 0 spiro atoms. The van der Waals surface area contributed by atoms with E-state index < -0.39 is 5.82 Å². The summed E-state index contributed by atoms with van der Waals surface area (Å²) in [4.78, 5) is 24.7. The molecule has 0 saturated carbocycles. The van der Waals surface area contributed by atoms with Crippen molar-refractivity contribution in [3.05, 3.63) is 99.0 Å². The summed E-state index contributed by atoms with van der Waals surface area (Å²) in [6.45, 7) is -0.235. The fraction of sp³-hybridized carbons (Fsp3) is 0.0435. The summed E-state index contributed by atoms with van der Waals surface area (Å²) >= 11 is 12.0. The first kappa shape index (κ1) is 20.1. The van der Waals surface area contributed by atoms with Gasteiger partial charge in [0.25, 0.3) is 0 Å². The number of fused-ring (bicyclic) bond motifs is 1. The summed E-state index contributed by atoms with van der Waals surface area (Å²) in [6.07, 6.45) is 1.54. The number of ether oxygens (including phenoxy) is 2. The van der Waals surface area contributed by atoms with Gasteiger partial charge >= 0.3 is 0 Å². The first-order valence-electron chi connectivity index (χ1n) is 8.85. The van der Waals surface area contributed by atoms with Crippen LogP contribution < -0.4 is 9.47 Å². The minimum atomic E-state index is -0.420. The molecule has 0 N–H and O–H groups in total. The molecule has 1 heterocycles.